The van der Waals surface area contributed by atoms with Crippen LogP contribution in [0.5, 0.6) is 0 Å². The Labute approximate surface area is 134 Å². The molecular formula is C15H38O3Si3. The highest BCUT2D eigenvalue weighted by atomic mass is 28.5. The van der Waals surface area contributed by atoms with Crippen LogP contribution in [-0.2, 0) is 0 Å². The standard InChI is InChI=1S/C15H38O3Si3/c1-19(2,3)15(20(4,5)6,21(7,8)9)14(12-18)13(10-16)11-17/h13-14,16-18H,10-12H2,1-9H3. The lowest BCUT2D eigenvalue weighted by Gasteiger charge is -2.64. The van der Waals surface area contributed by atoms with Gasteiger partial charge in [0.25, 0.3) is 0 Å². The van der Waals surface area contributed by atoms with Gasteiger partial charge in [-0.25, -0.2) is 0 Å². The van der Waals surface area contributed by atoms with Gasteiger partial charge in [0.05, 0.1) is 0 Å². The molecule has 0 spiro atoms. The summed E-state index contributed by atoms with van der Waals surface area (Å²) in [6.45, 7) is 21.7. The first-order chi connectivity index (χ1) is 9.22. The molecule has 0 heterocycles. The van der Waals surface area contributed by atoms with Crippen LogP contribution in [0.1, 0.15) is 0 Å². The van der Waals surface area contributed by atoms with E-state index in [1.165, 1.54) is 0 Å². The highest BCUT2D eigenvalue weighted by Crippen LogP contribution is 2.60. The van der Waals surface area contributed by atoms with E-state index >= 15 is 0 Å². The van der Waals surface area contributed by atoms with E-state index in [0.717, 1.165) is 0 Å². The predicted octanol–water partition coefficient (Wildman–Crippen LogP) is 3.03. The van der Waals surface area contributed by atoms with E-state index in [1.807, 2.05) is 0 Å². The second kappa shape index (κ2) is 6.97. The minimum absolute atomic E-state index is 0.0116. The Morgan fingerprint density at radius 1 is 0.619 bits per heavy atom. The second-order valence-corrected chi connectivity index (χ2v) is 26.8. The van der Waals surface area contributed by atoms with Gasteiger partial charge in [-0.3, -0.25) is 0 Å². The van der Waals surface area contributed by atoms with E-state index in [9.17, 15) is 15.3 Å². The molecule has 0 fully saturated rings. The van der Waals surface area contributed by atoms with Crippen molar-refractivity contribution in [1.82, 2.24) is 0 Å². The van der Waals surface area contributed by atoms with Crippen molar-refractivity contribution in [2.45, 2.75) is 63.2 Å². The zero-order chi connectivity index (χ0) is 17.3. The molecule has 0 saturated carbocycles. The molecule has 0 aliphatic heterocycles. The maximum Gasteiger partial charge on any atom is 0.0484 e. The fourth-order valence-electron chi connectivity index (χ4n) is 6.00. The monoisotopic (exact) mass is 350 g/mol. The number of hydrogen-bond acceptors (Lipinski definition) is 3. The lowest BCUT2D eigenvalue weighted by atomic mass is 9.95. The van der Waals surface area contributed by atoms with Crippen molar-refractivity contribution in [3.8, 4) is 0 Å². The van der Waals surface area contributed by atoms with Crippen LogP contribution < -0.4 is 0 Å². The fourth-order valence-corrected chi connectivity index (χ4v) is 37.3. The summed E-state index contributed by atoms with van der Waals surface area (Å²) >= 11 is 0. The average Bonchev–Trinajstić information content (AvgIpc) is 2.23. The molecule has 3 nitrogen and oxygen atoms in total. The maximum atomic E-state index is 10.2. The highest BCUT2D eigenvalue weighted by Gasteiger charge is 2.64. The fraction of sp³-hybridized carbons (Fsp3) is 1.00. The highest BCUT2D eigenvalue weighted by molar-refractivity contribution is 7.15. The smallest absolute Gasteiger partial charge is 0.0484 e. The van der Waals surface area contributed by atoms with Crippen LogP contribution in [0.15, 0.2) is 0 Å². The van der Waals surface area contributed by atoms with Crippen LogP contribution in [0.25, 0.3) is 0 Å². The molecule has 3 N–H and O–H groups in total. The number of hydrogen-bond donors (Lipinski definition) is 3. The van der Waals surface area contributed by atoms with Crippen molar-refractivity contribution in [3.05, 3.63) is 0 Å². The molecule has 6 heteroatoms. The van der Waals surface area contributed by atoms with Gasteiger partial charge in [-0.05, 0) is 10.2 Å². The minimum Gasteiger partial charge on any atom is -0.396 e. The lowest BCUT2D eigenvalue weighted by Crippen LogP contribution is -2.70. The summed E-state index contributed by atoms with van der Waals surface area (Å²) in [4.78, 5) is 0. The van der Waals surface area contributed by atoms with Gasteiger partial charge < -0.3 is 15.3 Å². The summed E-state index contributed by atoms with van der Waals surface area (Å²) in [6, 6.07) is 0. The zero-order valence-corrected chi connectivity index (χ0v) is 18.6. The van der Waals surface area contributed by atoms with Gasteiger partial charge in [-0.1, -0.05) is 58.9 Å². The molecule has 128 valence electrons. The molecule has 21 heavy (non-hydrogen) atoms. The van der Waals surface area contributed by atoms with Gasteiger partial charge in [0, 0.05) is 50.0 Å². The molecule has 1 atom stereocenters. The van der Waals surface area contributed by atoms with E-state index in [2.05, 4.69) is 58.9 Å². The van der Waals surface area contributed by atoms with Gasteiger partial charge in [-0.15, -0.1) is 0 Å². The Balaban J connectivity index is 6.51. The summed E-state index contributed by atoms with van der Waals surface area (Å²) in [6.07, 6.45) is 0. The lowest BCUT2D eigenvalue weighted by molar-refractivity contribution is 0.0697. The van der Waals surface area contributed by atoms with E-state index in [-0.39, 0.29) is 35.9 Å². The van der Waals surface area contributed by atoms with Gasteiger partial charge in [0.1, 0.15) is 0 Å². The van der Waals surface area contributed by atoms with E-state index in [1.54, 1.807) is 0 Å². The van der Waals surface area contributed by atoms with E-state index in [4.69, 9.17) is 0 Å². The molecule has 0 aromatic carbocycles. The summed E-state index contributed by atoms with van der Waals surface area (Å²) in [7, 11) is -4.94. The Bertz CT molecular complexity index is 286. The van der Waals surface area contributed by atoms with Crippen LogP contribution in [0.2, 0.25) is 63.2 Å². The zero-order valence-electron chi connectivity index (χ0n) is 15.6. The largest absolute Gasteiger partial charge is 0.396 e. The first-order valence-corrected chi connectivity index (χ1v) is 18.5. The van der Waals surface area contributed by atoms with Crippen LogP contribution in [-0.4, -0.2) is 59.4 Å². The van der Waals surface area contributed by atoms with Gasteiger partial charge in [0.2, 0.25) is 0 Å². The first-order valence-electron chi connectivity index (χ1n) is 8.05. The Morgan fingerprint density at radius 2 is 0.905 bits per heavy atom. The summed E-state index contributed by atoms with van der Waals surface area (Å²) in [5, 5.41) is 29.8. The molecule has 0 rings (SSSR count). The normalized spacial score (nSPS) is 16.4. The number of rotatable bonds is 8. The van der Waals surface area contributed by atoms with Crippen LogP contribution in [0, 0.1) is 11.8 Å². The van der Waals surface area contributed by atoms with Crippen molar-refractivity contribution >= 4 is 24.2 Å². The molecule has 0 saturated heterocycles. The molecule has 0 aromatic rings. The SMILES string of the molecule is C[Si](C)(C)C(C(CO)C(CO)CO)([Si](C)(C)C)[Si](C)(C)C. The van der Waals surface area contributed by atoms with Crippen molar-refractivity contribution in [2.75, 3.05) is 19.8 Å². The third-order valence-electron chi connectivity index (χ3n) is 5.34. The predicted molar refractivity (Wildman–Crippen MR) is 101 cm³/mol. The average molecular weight is 351 g/mol. The number of aliphatic hydroxyl groups is 3. The van der Waals surface area contributed by atoms with Crippen molar-refractivity contribution in [1.29, 1.82) is 0 Å². The second-order valence-electron chi connectivity index (χ2n) is 9.47. The summed E-state index contributed by atoms with van der Waals surface area (Å²) in [5.41, 5.74) is 0. The quantitative estimate of drug-likeness (QED) is 0.590. The first kappa shape index (κ1) is 21.5. The summed E-state index contributed by atoms with van der Waals surface area (Å²) < 4.78 is 0.151. The van der Waals surface area contributed by atoms with Gasteiger partial charge >= 0.3 is 0 Å². The molecule has 0 bridgehead atoms. The van der Waals surface area contributed by atoms with Crippen molar-refractivity contribution < 1.29 is 15.3 Å². The van der Waals surface area contributed by atoms with E-state index < -0.39 is 24.2 Å². The number of aliphatic hydroxyl groups excluding tert-OH is 3. The Morgan fingerprint density at radius 3 is 1.05 bits per heavy atom. The Hall–Kier alpha value is 0.531. The van der Waals surface area contributed by atoms with Crippen LogP contribution in [0.3, 0.4) is 0 Å². The molecule has 0 aliphatic rings. The molecule has 0 aromatic heterocycles. The third kappa shape index (κ3) is 3.72. The van der Waals surface area contributed by atoms with Crippen LogP contribution >= 0.6 is 0 Å². The molecule has 0 aliphatic carbocycles. The van der Waals surface area contributed by atoms with Gasteiger partial charge in [-0.2, -0.15) is 0 Å². The maximum absolute atomic E-state index is 10.2. The van der Waals surface area contributed by atoms with Crippen molar-refractivity contribution in [2.24, 2.45) is 11.8 Å². The van der Waals surface area contributed by atoms with Crippen LogP contribution in [0.4, 0.5) is 0 Å². The Kier molecular flexibility index (Phi) is 7.14. The molecular weight excluding hydrogens is 312 g/mol. The summed E-state index contributed by atoms with van der Waals surface area (Å²) in [5.74, 6) is -0.197. The molecule has 0 radical (unpaired) electrons. The molecule has 0 amide bonds. The van der Waals surface area contributed by atoms with Gasteiger partial charge in [0.15, 0.2) is 0 Å². The third-order valence-corrected chi connectivity index (χ3v) is 27.1. The molecule has 1 unspecified atom stereocenters. The topological polar surface area (TPSA) is 60.7 Å². The minimum atomic E-state index is -1.65. The van der Waals surface area contributed by atoms with Crippen molar-refractivity contribution in [3.63, 3.8) is 0 Å². The van der Waals surface area contributed by atoms with E-state index in [0.29, 0.717) is 0 Å².